The van der Waals surface area contributed by atoms with Crippen molar-refractivity contribution in [1.29, 1.82) is 0 Å². The second-order valence-electron chi connectivity index (χ2n) is 4.25. The molecule has 2 unspecified atom stereocenters. The average Bonchev–Trinajstić information content (AvgIpc) is 2.36. The van der Waals surface area contributed by atoms with E-state index >= 15 is 0 Å². The summed E-state index contributed by atoms with van der Waals surface area (Å²) in [6.45, 7) is 0. The standard InChI is InChI=1S/C14H15NO3/c15-13(17)8-12(16)14(18)11-7-3-5-9-4-1-2-6-10(9)11/h1-7,12,14,16,18H,8H2,(H2,15,17). The molecule has 0 aliphatic rings. The SMILES string of the molecule is NC(=O)CC(O)C(O)c1cccc2ccccc12. The first kappa shape index (κ1) is 12.5. The van der Waals surface area contributed by atoms with Gasteiger partial charge < -0.3 is 15.9 Å². The summed E-state index contributed by atoms with van der Waals surface area (Å²) in [4.78, 5) is 10.8. The molecule has 18 heavy (non-hydrogen) atoms. The first-order chi connectivity index (χ1) is 8.59. The summed E-state index contributed by atoms with van der Waals surface area (Å²) in [6, 6.07) is 13.0. The molecule has 0 heterocycles. The number of benzene rings is 2. The van der Waals surface area contributed by atoms with Crippen molar-refractivity contribution in [2.75, 3.05) is 0 Å². The zero-order valence-corrected chi connectivity index (χ0v) is 9.78. The van der Waals surface area contributed by atoms with Crippen LogP contribution < -0.4 is 5.73 Å². The second kappa shape index (κ2) is 5.16. The number of aliphatic hydroxyl groups excluding tert-OH is 2. The summed E-state index contributed by atoms with van der Waals surface area (Å²) in [5.41, 5.74) is 5.61. The largest absolute Gasteiger partial charge is 0.390 e. The summed E-state index contributed by atoms with van der Waals surface area (Å²) in [5, 5.41) is 21.7. The number of rotatable bonds is 4. The van der Waals surface area contributed by atoms with E-state index in [9.17, 15) is 15.0 Å². The van der Waals surface area contributed by atoms with Crippen molar-refractivity contribution >= 4 is 16.7 Å². The molecule has 4 nitrogen and oxygen atoms in total. The van der Waals surface area contributed by atoms with E-state index in [0.29, 0.717) is 5.56 Å². The lowest BCUT2D eigenvalue weighted by Gasteiger charge is -2.18. The Morgan fingerprint density at radius 1 is 1.11 bits per heavy atom. The first-order valence-corrected chi connectivity index (χ1v) is 5.71. The van der Waals surface area contributed by atoms with Crippen LogP contribution in [0, 0.1) is 0 Å². The maximum absolute atomic E-state index is 10.8. The third kappa shape index (κ3) is 2.50. The van der Waals surface area contributed by atoms with E-state index in [2.05, 4.69) is 0 Å². The summed E-state index contributed by atoms with van der Waals surface area (Å²) in [6.07, 6.45) is -2.57. The van der Waals surface area contributed by atoms with Crippen LogP contribution in [0.2, 0.25) is 0 Å². The number of hydrogen-bond acceptors (Lipinski definition) is 3. The lowest BCUT2D eigenvalue weighted by atomic mass is 9.96. The number of fused-ring (bicyclic) bond motifs is 1. The van der Waals surface area contributed by atoms with Gasteiger partial charge in [0.15, 0.2) is 0 Å². The zero-order valence-electron chi connectivity index (χ0n) is 9.78. The molecule has 0 aliphatic carbocycles. The van der Waals surface area contributed by atoms with Crippen molar-refractivity contribution < 1.29 is 15.0 Å². The number of hydrogen-bond donors (Lipinski definition) is 3. The third-order valence-corrected chi connectivity index (χ3v) is 2.92. The summed E-state index contributed by atoms with van der Waals surface area (Å²) < 4.78 is 0. The maximum atomic E-state index is 10.8. The van der Waals surface area contributed by atoms with Gasteiger partial charge in [0.25, 0.3) is 0 Å². The van der Waals surface area contributed by atoms with Gasteiger partial charge >= 0.3 is 0 Å². The predicted molar refractivity (Wildman–Crippen MR) is 68.7 cm³/mol. The van der Waals surface area contributed by atoms with Crippen molar-refractivity contribution in [2.24, 2.45) is 5.73 Å². The van der Waals surface area contributed by atoms with Crippen LogP contribution in [0.15, 0.2) is 42.5 Å². The molecule has 0 radical (unpaired) electrons. The van der Waals surface area contributed by atoms with E-state index in [1.807, 2.05) is 30.3 Å². The Hall–Kier alpha value is -1.91. The molecule has 1 amide bonds. The fraction of sp³-hybridized carbons (Fsp3) is 0.214. The second-order valence-corrected chi connectivity index (χ2v) is 4.25. The molecule has 0 aromatic heterocycles. The van der Waals surface area contributed by atoms with Gasteiger partial charge in [0, 0.05) is 0 Å². The van der Waals surface area contributed by atoms with Gasteiger partial charge in [-0.3, -0.25) is 4.79 Å². The average molecular weight is 245 g/mol. The van der Waals surface area contributed by atoms with Crippen molar-refractivity contribution in [2.45, 2.75) is 18.6 Å². The van der Waals surface area contributed by atoms with Crippen LogP contribution in [-0.2, 0) is 4.79 Å². The minimum atomic E-state index is -1.19. The number of carbonyl (C=O) groups is 1. The number of amides is 1. The third-order valence-electron chi connectivity index (χ3n) is 2.92. The molecule has 4 heteroatoms. The molecule has 0 aliphatic heterocycles. The minimum Gasteiger partial charge on any atom is -0.390 e. The topological polar surface area (TPSA) is 83.6 Å². The summed E-state index contributed by atoms with van der Waals surface area (Å²) in [7, 11) is 0. The molecular formula is C14H15NO3. The predicted octanol–water partition coefficient (Wildman–Crippen LogP) is 1.11. The van der Waals surface area contributed by atoms with Crippen LogP contribution in [0.4, 0.5) is 0 Å². The smallest absolute Gasteiger partial charge is 0.220 e. The Bertz CT molecular complexity index is 562. The first-order valence-electron chi connectivity index (χ1n) is 5.71. The lowest BCUT2D eigenvalue weighted by Crippen LogP contribution is -2.25. The van der Waals surface area contributed by atoms with E-state index in [-0.39, 0.29) is 6.42 Å². The summed E-state index contributed by atoms with van der Waals surface area (Å²) in [5.74, 6) is -0.637. The van der Waals surface area contributed by atoms with Crippen molar-refractivity contribution in [1.82, 2.24) is 0 Å². The fourth-order valence-corrected chi connectivity index (χ4v) is 2.03. The van der Waals surface area contributed by atoms with Gasteiger partial charge in [-0.05, 0) is 16.3 Å². The molecule has 2 atom stereocenters. The summed E-state index contributed by atoms with van der Waals surface area (Å²) >= 11 is 0. The molecule has 0 bridgehead atoms. The van der Waals surface area contributed by atoms with E-state index in [1.165, 1.54) is 0 Å². The van der Waals surface area contributed by atoms with Crippen LogP contribution in [0.1, 0.15) is 18.1 Å². The van der Waals surface area contributed by atoms with Crippen LogP contribution in [0.25, 0.3) is 10.8 Å². The Balaban J connectivity index is 2.38. The highest BCUT2D eigenvalue weighted by molar-refractivity contribution is 5.86. The molecule has 0 spiro atoms. The lowest BCUT2D eigenvalue weighted by molar-refractivity contribution is -0.121. The molecule has 0 saturated heterocycles. The van der Waals surface area contributed by atoms with Crippen LogP contribution >= 0.6 is 0 Å². The van der Waals surface area contributed by atoms with Gasteiger partial charge in [-0.25, -0.2) is 0 Å². The van der Waals surface area contributed by atoms with Crippen LogP contribution in [-0.4, -0.2) is 22.2 Å². The normalized spacial score (nSPS) is 14.3. The number of carbonyl (C=O) groups excluding carboxylic acids is 1. The number of primary amides is 1. The van der Waals surface area contributed by atoms with Gasteiger partial charge in [-0.1, -0.05) is 42.5 Å². The van der Waals surface area contributed by atoms with Gasteiger partial charge in [0.1, 0.15) is 6.10 Å². The molecule has 4 N–H and O–H groups in total. The zero-order chi connectivity index (χ0) is 13.1. The highest BCUT2D eigenvalue weighted by Crippen LogP contribution is 2.27. The van der Waals surface area contributed by atoms with Gasteiger partial charge in [-0.15, -0.1) is 0 Å². The molecule has 2 aromatic carbocycles. The molecule has 2 rings (SSSR count). The number of nitrogens with two attached hydrogens (primary N) is 1. The van der Waals surface area contributed by atoms with Gasteiger partial charge in [0.2, 0.25) is 5.91 Å². The quantitative estimate of drug-likeness (QED) is 0.754. The van der Waals surface area contributed by atoms with Crippen molar-refractivity contribution in [3.8, 4) is 0 Å². The molecule has 2 aromatic rings. The Kier molecular flexibility index (Phi) is 3.60. The highest BCUT2D eigenvalue weighted by atomic mass is 16.3. The fourth-order valence-electron chi connectivity index (χ4n) is 2.03. The monoisotopic (exact) mass is 245 g/mol. The Labute approximate surface area is 105 Å². The highest BCUT2D eigenvalue weighted by Gasteiger charge is 2.21. The van der Waals surface area contributed by atoms with E-state index in [1.54, 1.807) is 12.1 Å². The minimum absolute atomic E-state index is 0.260. The van der Waals surface area contributed by atoms with E-state index < -0.39 is 18.1 Å². The molecule has 0 saturated carbocycles. The molecule has 94 valence electrons. The van der Waals surface area contributed by atoms with E-state index in [4.69, 9.17) is 5.73 Å². The van der Waals surface area contributed by atoms with Gasteiger partial charge in [-0.2, -0.15) is 0 Å². The van der Waals surface area contributed by atoms with Gasteiger partial charge in [0.05, 0.1) is 12.5 Å². The number of aliphatic hydroxyl groups is 2. The van der Waals surface area contributed by atoms with Crippen LogP contribution in [0.5, 0.6) is 0 Å². The molecule has 0 fully saturated rings. The van der Waals surface area contributed by atoms with Crippen molar-refractivity contribution in [3.63, 3.8) is 0 Å². The van der Waals surface area contributed by atoms with E-state index in [0.717, 1.165) is 10.8 Å². The maximum Gasteiger partial charge on any atom is 0.220 e. The van der Waals surface area contributed by atoms with Crippen LogP contribution in [0.3, 0.4) is 0 Å². The Morgan fingerprint density at radius 2 is 1.78 bits per heavy atom. The Morgan fingerprint density at radius 3 is 2.50 bits per heavy atom. The van der Waals surface area contributed by atoms with Crippen molar-refractivity contribution in [3.05, 3.63) is 48.0 Å². The molecular weight excluding hydrogens is 230 g/mol.